The van der Waals surface area contributed by atoms with Crippen molar-refractivity contribution in [2.75, 3.05) is 20.3 Å². The molecule has 2 aromatic rings. The SMILES string of the molecule is CCOCc1nnc2n1CCN(Cc1cccnc1OC)[C@@H]2C. The van der Waals surface area contributed by atoms with Crippen LogP contribution in [0.1, 0.15) is 37.1 Å². The van der Waals surface area contributed by atoms with Crippen molar-refractivity contribution in [1.82, 2.24) is 24.6 Å². The molecular weight excluding hydrogens is 294 g/mol. The van der Waals surface area contributed by atoms with E-state index in [2.05, 4.69) is 37.6 Å². The molecule has 0 saturated carbocycles. The van der Waals surface area contributed by atoms with E-state index in [0.717, 1.165) is 36.8 Å². The Balaban J connectivity index is 1.76. The number of rotatable bonds is 6. The second-order valence-corrected chi connectivity index (χ2v) is 5.58. The zero-order valence-corrected chi connectivity index (χ0v) is 13.9. The van der Waals surface area contributed by atoms with E-state index >= 15 is 0 Å². The minimum atomic E-state index is 0.191. The third kappa shape index (κ3) is 3.20. The normalized spacial score (nSPS) is 18.0. The smallest absolute Gasteiger partial charge is 0.217 e. The first kappa shape index (κ1) is 15.9. The Morgan fingerprint density at radius 1 is 1.30 bits per heavy atom. The molecule has 2 aromatic heterocycles. The van der Waals surface area contributed by atoms with Gasteiger partial charge in [0.25, 0.3) is 0 Å². The van der Waals surface area contributed by atoms with E-state index in [1.165, 1.54) is 0 Å². The van der Waals surface area contributed by atoms with Crippen molar-refractivity contribution in [3.8, 4) is 5.88 Å². The average Bonchev–Trinajstić information content (AvgIpc) is 2.99. The molecule has 1 aliphatic heterocycles. The van der Waals surface area contributed by atoms with E-state index < -0.39 is 0 Å². The fourth-order valence-electron chi connectivity index (χ4n) is 2.95. The fraction of sp³-hybridized carbons (Fsp3) is 0.562. The summed E-state index contributed by atoms with van der Waals surface area (Å²) in [5, 5.41) is 8.65. The van der Waals surface area contributed by atoms with Crippen LogP contribution in [0.5, 0.6) is 5.88 Å². The standard InChI is InChI=1S/C16H23N5O2/c1-4-23-11-14-18-19-15-12(2)20(8-9-21(14)15)10-13-6-5-7-17-16(13)22-3/h5-7,12H,4,8-11H2,1-3H3/t12-/m1/s1. The van der Waals surface area contributed by atoms with Gasteiger partial charge in [0.2, 0.25) is 5.88 Å². The van der Waals surface area contributed by atoms with Crippen LogP contribution in [0.25, 0.3) is 0 Å². The summed E-state index contributed by atoms with van der Waals surface area (Å²) in [6.45, 7) is 7.94. The zero-order chi connectivity index (χ0) is 16.2. The lowest BCUT2D eigenvalue weighted by molar-refractivity contribution is 0.117. The molecule has 23 heavy (non-hydrogen) atoms. The van der Waals surface area contributed by atoms with Crippen molar-refractivity contribution >= 4 is 0 Å². The highest BCUT2D eigenvalue weighted by molar-refractivity contribution is 5.25. The van der Waals surface area contributed by atoms with Crippen LogP contribution in [-0.4, -0.2) is 44.9 Å². The molecule has 7 heteroatoms. The van der Waals surface area contributed by atoms with Gasteiger partial charge in [-0.2, -0.15) is 0 Å². The number of aromatic nitrogens is 4. The number of fused-ring (bicyclic) bond motifs is 1. The first-order valence-corrected chi connectivity index (χ1v) is 7.96. The first-order chi connectivity index (χ1) is 11.2. The van der Waals surface area contributed by atoms with Gasteiger partial charge >= 0.3 is 0 Å². The Kier molecular flexibility index (Phi) is 4.88. The topological polar surface area (TPSA) is 65.3 Å². The van der Waals surface area contributed by atoms with Crippen LogP contribution >= 0.6 is 0 Å². The molecule has 0 N–H and O–H groups in total. The summed E-state index contributed by atoms with van der Waals surface area (Å²) in [5.74, 6) is 2.59. The van der Waals surface area contributed by atoms with Gasteiger partial charge in [0.05, 0.1) is 13.2 Å². The van der Waals surface area contributed by atoms with Crippen LogP contribution in [0, 0.1) is 0 Å². The lowest BCUT2D eigenvalue weighted by Crippen LogP contribution is -2.37. The van der Waals surface area contributed by atoms with Gasteiger partial charge in [-0.05, 0) is 19.9 Å². The Hall–Kier alpha value is -1.99. The monoisotopic (exact) mass is 317 g/mol. The summed E-state index contributed by atoms with van der Waals surface area (Å²) < 4.78 is 13.0. The maximum absolute atomic E-state index is 5.47. The maximum Gasteiger partial charge on any atom is 0.217 e. The molecule has 0 saturated heterocycles. The number of methoxy groups -OCH3 is 1. The van der Waals surface area contributed by atoms with Gasteiger partial charge in [0.15, 0.2) is 5.82 Å². The van der Waals surface area contributed by atoms with E-state index in [9.17, 15) is 0 Å². The molecule has 0 bridgehead atoms. The van der Waals surface area contributed by atoms with Crippen molar-refractivity contribution in [2.24, 2.45) is 0 Å². The number of hydrogen-bond donors (Lipinski definition) is 0. The minimum Gasteiger partial charge on any atom is -0.481 e. The third-order valence-electron chi connectivity index (χ3n) is 4.24. The average molecular weight is 317 g/mol. The van der Waals surface area contributed by atoms with Crippen LogP contribution < -0.4 is 4.74 Å². The number of hydrogen-bond acceptors (Lipinski definition) is 6. The highest BCUT2D eigenvalue weighted by Gasteiger charge is 2.28. The molecule has 0 aliphatic carbocycles. The van der Waals surface area contributed by atoms with Crippen molar-refractivity contribution in [2.45, 2.75) is 39.6 Å². The Labute approximate surface area is 136 Å². The van der Waals surface area contributed by atoms with Crippen LogP contribution in [0.4, 0.5) is 0 Å². The van der Waals surface area contributed by atoms with E-state index in [1.54, 1.807) is 13.3 Å². The van der Waals surface area contributed by atoms with E-state index in [-0.39, 0.29) is 6.04 Å². The highest BCUT2D eigenvalue weighted by Crippen LogP contribution is 2.27. The summed E-state index contributed by atoms with van der Waals surface area (Å²) in [5.41, 5.74) is 1.09. The minimum absolute atomic E-state index is 0.191. The molecule has 0 amide bonds. The predicted octanol–water partition coefficient (Wildman–Crippen LogP) is 1.79. The van der Waals surface area contributed by atoms with Gasteiger partial charge in [0, 0.05) is 38.0 Å². The molecule has 1 atom stereocenters. The molecule has 0 radical (unpaired) electrons. The largest absolute Gasteiger partial charge is 0.481 e. The molecule has 124 valence electrons. The van der Waals surface area contributed by atoms with E-state index in [0.29, 0.717) is 19.1 Å². The van der Waals surface area contributed by atoms with Gasteiger partial charge < -0.3 is 14.0 Å². The maximum atomic E-state index is 5.47. The molecule has 3 heterocycles. The van der Waals surface area contributed by atoms with Crippen LogP contribution in [0.2, 0.25) is 0 Å². The summed E-state index contributed by atoms with van der Waals surface area (Å²) >= 11 is 0. The van der Waals surface area contributed by atoms with Gasteiger partial charge in [0.1, 0.15) is 12.4 Å². The van der Waals surface area contributed by atoms with Gasteiger partial charge in [-0.15, -0.1) is 10.2 Å². The Morgan fingerprint density at radius 2 is 2.17 bits per heavy atom. The lowest BCUT2D eigenvalue weighted by Gasteiger charge is -2.33. The van der Waals surface area contributed by atoms with Gasteiger partial charge in [-0.3, -0.25) is 4.90 Å². The van der Waals surface area contributed by atoms with Gasteiger partial charge in [-0.1, -0.05) is 6.07 Å². The number of nitrogens with zero attached hydrogens (tertiary/aromatic N) is 5. The van der Waals surface area contributed by atoms with Gasteiger partial charge in [-0.25, -0.2) is 4.98 Å². The summed E-state index contributed by atoms with van der Waals surface area (Å²) in [7, 11) is 1.65. The lowest BCUT2D eigenvalue weighted by atomic mass is 10.1. The quantitative estimate of drug-likeness (QED) is 0.809. The molecule has 7 nitrogen and oxygen atoms in total. The van der Waals surface area contributed by atoms with Crippen molar-refractivity contribution in [1.29, 1.82) is 0 Å². The first-order valence-electron chi connectivity index (χ1n) is 7.96. The van der Waals surface area contributed by atoms with Crippen molar-refractivity contribution in [3.05, 3.63) is 35.5 Å². The third-order valence-corrected chi connectivity index (χ3v) is 4.24. The Bertz CT molecular complexity index is 658. The summed E-state index contributed by atoms with van der Waals surface area (Å²) in [4.78, 5) is 6.64. The number of pyridine rings is 1. The van der Waals surface area contributed by atoms with Crippen LogP contribution in [0.15, 0.2) is 18.3 Å². The molecular formula is C16H23N5O2. The fourth-order valence-corrected chi connectivity index (χ4v) is 2.95. The number of ether oxygens (including phenoxy) is 2. The molecule has 3 rings (SSSR count). The van der Waals surface area contributed by atoms with Crippen molar-refractivity contribution in [3.63, 3.8) is 0 Å². The van der Waals surface area contributed by atoms with E-state index in [4.69, 9.17) is 9.47 Å². The molecule has 0 spiro atoms. The van der Waals surface area contributed by atoms with Crippen LogP contribution in [-0.2, 0) is 24.4 Å². The van der Waals surface area contributed by atoms with Crippen LogP contribution in [0.3, 0.4) is 0 Å². The second-order valence-electron chi connectivity index (χ2n) is 5.58. The summed E-state index contributed by atoms with van der Waals surface area (Å²) in [6, 6.07) is 4.18. The molecule has 0 unspecified atom stereocenters. The Morgan fingerprint density at radius 3 is 2.96 bits per heavy atom. The predicted molar refractivity (Wildman–Crippen MR) is 85.0 cm³/mol. The summed E-state index contributed by atoms with van der Waals surface area (Å²) in [6.07, 6.45) is 1.75. The molecule has 0 aromatic carbocycles. The molecule has 1 aliphatic rings. The van der Waals surface area contributed by atoms with E-state index in [1.807, 2.05) is 13.0 Å². The molecule has 0 fully saturated rings. The highest BCUT2D eigenvalue weighted by atomic mass is 16.5. The zero-order valence-electron chi connectivity index (χ0n) is 13.9. The van der Waals surface area contributed by atoms with Crippen molar-refractivity contribution < 1.29 is 9.47 Å². The second kappa shape index (κ2) is 7.06.